The van der Waals surface area contributed by atoms with Crippen molar-refractivity contribution in [3.8, 4) is 5.75 Å². The fourth-order valence-electron chi connectivity index (χ4n) is 4.98. The van der Waals surface area contributed by atoms with E-state index in [-0.39, 0.29) is 6.10 Å². The van der Waals surface area contributed by atoms with Gasteiger partial charge in [0, 0.05) is 6.42 Å². The van der Waals surface area contributed by atoms with Gasteiger partial charge in [0.1, 0.15) is 19.9 Å². The van der Waals surface area contributed by atoms with Gasteiger partial charge in [-0.3, -0.25) is 0 Å². The van der Waals surface area contributed by atoms with Gasteiger partial charge in [0.25, 0.3) is 0 Å². The van der Waals surface area contributed by atoms with E-state index in [0.29, 0.717) is 6.42 Å². The molecule has 0 bridgehead atoms. The number of hydrogen-bond donors (Lipinski definition) is 1. The van der Waals surface area contributed by atoms with Crippen LogP contribution in [-0.4, -0.2) is 19.3 Å². The zero-order chi connectivity index (χ0) is 22.5. The number of para-hydroxylation sites is 1. The highest BCUT2D eigenvalue weighted by Crippen LogP contribution is 2.36. The Bertz CT molecular complexity index is 1150. The summed E-state index contributed by atoms with van der Waals surface area (Å²) in [6.45, 7) is 0. The number of hydrogen-bond acceptors (Lipinski definition) is 2. The molecule has 33 heavy (non-hydrogen) atoms. The minimum absolute atomic E-state index is 0.0159. The van der Waals surface area contributed by atoms with Crippen LogP contribution >= 0.6 is 0 Å². The average molecular weight is 449 g/mol. The molecule has 1 aliphatic rings. The van der Waals surface area contributed by atoms with Crippen LogP contribution in [0.5, 0.6) is 5.75 Å². The van der Waals surface area contributed by atoms with Gasteiger partial charge in [-0.2, -0.15) is 0 Å². The molecule has 0 fully saturated rings. The summed E-state index contributed by atoms with van der Waals surface area (Å²) in [5.41, 5.74) is 4.40. The maximum absolute atomic E-state index is 11.5. The summed E-state index contributed by atoms with van der Waals surface area (Å²) >= 11 is 0. The molecule has 5 rings (SSSR count). The molecule has 4 aromatic carbocycles. The van der Waals surface area contributed by atoms with E-state index in [2.05, 4.69) is 66.4 Å². The minimum atomic E-state index is -2.36. The van der Waals surface area contributed by atoms with E-state index in [0.717, 1.165) is 22.9 Å². The van der Waals surface area contributed by atoms with Crippen molar-refractivity contribution >= 4 is 18.4 Å². The molecule has 0 aliphatic carbocycles. The first-order chi connectivity index (χ1) is 16.2. The van der Waals surface area contributed by atoms with Crippen molar-refractivity contribution in [2.24, 2.45) is 0 Å². The number of benzene rings is 4. The lowest BCUT2D eigenvalue weighted by atomic mass is 9.98. The first kappa shape index (κ1) is 21.4. The first-order valence-electron chi connectivity index (χ1n) is 11.5. The highest BCUT2D eigenvalue weighted by atomic mass is 28.3. The van der Waals surface area contributed by atoms with E-state index in [1.54, 1.807) is 0 Å². The van der Waals surface area contributed by atoms with Crippen LogP contribution in [0.4, 0.5) is 0 Å². The lowest BCUT2D eigenvalue weighted by molar-refractivity contribution is 0.177. The fraction of sp³-hybridized carbons (Fsp3) is 0.133. The molecule has 4 aromatic rings. The number of aliphatic hydroxyl groups is 1. The summed E-state index contributed by atoms with van der Waals surface area (Å²) in [5, 5.41) is 14.1. The molecule has 1 heterocycles. The van der Waals surface area contributed by atoms with Crippen LogP contribution in [0, 0.1) is 0 Å². The van der Waals surface area contributed by atoms with Crippen molar-refractivity contribution in [2.75, 3.05) is 0 Å². The predicted molar refractivity (Wildman–Crippen MR) is 138 cm³/mol. The molecule has 1 N–H and O–H groups in total. The van der Waals surface area contributed by atoms with Gasteiger partial charge in [-0.25, -0.2) is 0 Å². The van der Waals surface area contributed by atoms with Crippen LogP contribution in [0.15, 0.2) is 133 Å². The Morgan fingerprint density at radius 2 is 1.15 bits per heavy atom. The molecule has 164 valence electrons. The van der Waals surface area contributed by atoms with Gasteiger partial charge in [0.05, 0.1) is 6.10 Å². The number of ether oxygens (including phenoxy) is 1. The standard InChI is InChI=1S/C30H28O2Si/c31-30(24-13-5-1-6-14-24)25-21-27(32-26-15-7-2-8-16-26)23-33(22-25,28-17-9-3-10-18-28)29-19-11-4-12-20-29/h1-20,22,27,30-31H,21,23H2. The molecule has 2 unspecified atom stereocenters. The van der Waals surface area contributed by atoms with Gasteiger partial charge in [0.2, 0.25) is 0 Å². The van der Waals surface area contributed by atoms with Crippen LogP contribution in [0.2, 0.25) is 6.04 Å². The Balaban J connectivity index is 1.64. The second kappa shape index (κ2) is 9.61. The fourth-order valence-corrected chi connectivity index (χ4v) is 9.67. The molecule has 1 aliphatic heterocycles. The van der Waals surface area contributed by atoms with Crippen LogP contribution < -0.4 is 15.1 Å². The van der Waals surface area contributed by atoms with Gasteiger partial charge in [-0.15, -0.1) is 0 Å². The van der Waals surface area contributed by atoms with E-state index < -0.39 is 14.2 Å². The minimum Gasteiger partial charge on any atom is -0.490 e. The summed E-state index contributed by atoms with van der Waals surface area (Å²) in [5.74, 6) is 0.877. The van der Waals surface area contributed by atoms with Crippen LogP contribution in [0.25, 0.3) is 0 Å². The highest BCUT2D eigenvalue weighted by molar-refractivity contribution is 7.06. The Morgan fingerprint density at radius 3 is 1.70 bits per heavy atom. The SMILES string of the molecule is OC(C1=C[Si](c2ccccc2)(c2ccccc2)CC(Oc2ccccc2)C1)c1ccccc1. The largest absolute Gasteiger partial charge is 0.490 e. The van der Waals surface area contributed by atoms with Crippen molar-refractivity contribution in [3.63, 3.8) is 0 Å². The highest BCUT2D eigenvalue weighted by Gasteiger charge is 2.43. The third kappa shape index (κ3) is 4.56. The molecule has 0 saturated heterocycles. The van der Waals surface area contributed by atoms with Gasteiger partial charge in [0.15, 0.2) is 0 Å². The number of rotatable bonds is 6. The van der Waals surface area contributed by atoms with E-state index >= 15 is 0 Å². The smallest absolute Gasteiger partial charge is 0.144 e. The normalized spacial score (nSPS) is 18.2. The van der Waals surface area contributed by atoms with E-state index in [9.17, 15) is 5.11 Å². The van der Waals surface area contributed by atoms with Gasteiger partial charge in [-0.05, 0) is 39.7 Å². The summed E-state index contributed by atoms with van der Waals surface area (Å²) in [6.07, 6.45) is 0.0461. The number of aliphatic hydroxyl groups excluding tert-OH is 1. The summed E-state index contributed by atoms with van der Waals surface area (Å²) < 4.78 is 6.55. The Morgan fingerprint density at radius 1 is 0.667 bits per heavy atom. The molecule has 0 aromatic heterocycles. The van der Waals surface area contributed by atoms with Crippen LogP contribution in [0.3, 0.4) is 0 Å². The zero-order valence-electron chi connectivity index (χ0n) is 18.5. The summed E-state index contributed by atoms with van der Waals surface area (Å²) in [4.78, 5) is 0. The second-order valence-electron chi connectivity index (χ2n) is 8.70. The molecule has 3 heteroatoms. The molecular weight excluding hydrogens is 420 g/mol. The molecular formula is C30H28O2Si. The van der Waals surface area contributed by atoms with Gasteiger partial charge < -0.3 is 9.84 Å². The topological polar surface area (TPSA) is 29.5 Å². The van der Waals surface area contributed by atoms with E-state index in [1.807, 2.05) is 60.7 Å². The van der Waals surface area contributed by atoms with E-state index in [1.165, 1.54) is 10.4 Å². The Labute approximate surface area is 196 Å². The lowest BCUT2D eigenvalue weighted by Gasteiger charge is -2.39. The monoisotopic (exact) mass is 448 g/mol. The third-order valence-corrected chi connectivity index (χ3v) is 11.2. The quantitative estimate of drug-likeness (QED) is 0.406. The Kier molecular flexibility index (Phi) is 6.25. The third-order valence-electron chi connectivity index (χ3n) is 6.54. The zero-order valence-corrected chi connectivity index (χ0v) is 19.5. The summed E-state index contributed by atoms with van der Waals surface area (Å²) in [6, 6.07) is 42.5. The molecule has 0 amide bonds. The average Bonchev–Trinajstić information content (AvgIpc) is 2.90. The summed E-state index contributed by atoms with van der Waals surface area (Å²) in [7, 11) is -2.36. The molecule has 2 atom stereocenters. The molecule has 2 nitrogen and oxygen atoms in total. The first-order valence-corrected chi connectivity index (χ1v) is 13.8. The molecule has 0 spiro atoms. The van der Waals surface area contributed by atoms with Gasteiger partial charge >= 0.3 is 0 Å². The maximum Gasteiger partial charge on any atom is 0.144 e. The second-order valence-corrected chi connectivity index (χ2v) is 12.5. The van der Waals surface area contributed by atoms with Gasteiger partial charge in [-0.1, -0.05) is 115 Å². The van der Waals surface area contributed by atoms with Crippen molar-refractivity contribution in [1.82, 2.24) is 0 Å². The van der Waals surface area contributed by atoms with Crippen molar-refractivity contribution in [1.29, 1.82) is 0 Å². The van der Waals surface area contributed by atoms with Crippen LogP contribution in [0.1, 0.15) is 18.1 Å². The van der Waals surface area contributed by atoms with E-state index in [4.69, 9.17) is 4.74 Å². The Hall–Kier alpha value is -3.40. The predicted octanol–water partition coefficient (Wildman–Crippen LogP) is 5.30. The van der Waals surface area contributed by atoms with Crippen molar-refractivity contribution < 1.29 is 9.84 Å². The molecule has 0 radical (unpaired) electrons. The maximum atomic E-state index is 11.5. The lowest BCUT2D eigenvalue weighted by Crippen LogP contribution is -2.61. The van der Waals surface area contributed by atoms with Crippen LogP contribution in [-0.2, 0) is 0 Å². The molecule has 0 saturated carbocycles. The van der Waals surface area contributed by atoms with Crippen molar-refractivity contribution in [2.45, 2.75) is 24.7 Å². The van der Waals surface area contributed by atoms with Crippen molar-refractivity contribution in [3.05, 3.63) is 138 Å².